The van der Waals surface area contributed by atoms with Gasteiger partial charge >= 0.3 is 0 Å². The Labute approximate surface area is 480 Å². The van der Waals surface area contributed by atoms with Gasteiger partial charge in [0.2, 0.25) is 35.4 Å². The van der Waals surface area contributed by atoms with Crippen molar-refractivity contribution in [3.05, 3.63) is 89.5 Å². The molecule has 0 bridgehead atoms. The number of aromatic hydroxyl groups is 2. The third-order valence-corrected chi connectivity index (χ3v) is 15.2. The molecule has 0 spiro atoms. The first-order chi connectivity index (χ1) is 38.8. The van der Waals surface area contributed by atoms with Crippen molar-refractivity contribution in [1.29, 1.82) is 0 Å². The average Bonchev–Trinajstić information content (AvgIpc) is 3.66. The molecule has 4 rings (SSSR count). The number of carbonyl (C=O) groups is 8. The van der Waals surface area contributed by atoms with Gasteiger partial charge in [0, 0.05) is 20.6 Å². The molecule has 452 valence electrons. The number of methoxy groups -OCH3 is 2. The maximum Gasteiger partial charge on any atom is 0.252 e. The van der Waals surface area contributed by atoms with Crippen LogP contribution in [0.5, 0.6) is 17.2 Å². The number of hydrogen-bond acceptors (Lipinski definition) is 17. The molecule has 9 N–H and O–H groups in total. The molecule has 0 radical (unpaired) electrons. The number of carbonyl (C=O) groups excluding carboxylic acids is 8. The fourth-order valence-corrected chi connectivity index (χ4v) is 9.65. The van der Waals surface area contributed by atoms with Crippen molar-refractivity contribution in [2.75, 3.05) is 27.9 Å². The predicted molar refractivity (Wildman–Crippen MR) is 299 cm³/mol. The normalized spacial score (nSPS) is 18.3. The summed E-state index contributed by atoms with van der Waals surface area (Å²) >= 11 is -3.01. The number of likely N-dealkylation sites (N-methyl/N-ethyl adjacent to an activating group) is 1. The van der Waals surface area contributed by atoms with Crippen molar-refractivity contribution in [2.24, 2.45) is 11.8 Å². The van der Waals surface area contributed by atoms with Gasteiger partial charge < -0.3 is 70.8 Å². The lowest BCUT2D eigenvalue weighted by atomic mass is 9.91. The van der Waals surface area contributed by atoms with Crippen molar-refractivity contribution in [1.82, 2.24) is 36.4 Å². The van der Waals surface area contributed by atoms with E-state index in [2.05, 4.69) is 30.8 Å². The number of aliphatic hydroxyl groups excluding tert-OH is 2. The highest BCUT2D eigenvalue weighted by Crippen LogP contribution is 2.28. The first-order valence-electron chi connectivity index (χ1n) is 27.3. The number of phenolic OH excluding ortho intramolecular Hbond substituents is 2. The zero-order chi connectivity index (χ0) is 61.0. The number of amides is 7. The second-order valence-electron chi connectivity index (χ2n) is 20.7. The average molecular weight is 1170 g/mol. The fourth-order valence-electron chi connectivity index (χ4n) is 9.41. The smallest absolute Gasteiger partial charge is 0.252 e. The minimum atomic E-state index is -3.01. The number of nitrogens with zero attached hydrogens (tertiary/aromatic N) is 2. The van der Waals surface area contributed by atoms with Gasteiger partial charge in [-0.2, -0.15) is 0 Å². The summed E-state index contributed by atoms with van der Waals surface area (Å²) in [6.07, 6.45) is -4.06. The van der Waals surface area contributed by atoms with Gasteiger partial charge in [-0.25, -0.2) is 4.21 Å². The van der Waals surface area contributed by atoms with Crippen LogP contribution in [0.4, 0.5) is 0 Å². The van der Waals surface area contributed by atoms with E-state index in [1.54, 1.807) is 62.4 Å². The van der Waals surface area contributed by atoms with Gasteiger partial charge in [-0.1, -0.05) is 76.9 Å². The van der Waals surface area contributed by atoms with Crippen LogP contribution < -0.4 is 31.3 Å². The Kier molecular flexibility index (Phi) is 26.8. The third kappa shape index (κ3) is 19.6. The molecule has 3 aromatic rings. The van der Waals surface area contributed by atoms with E-state index in [1.807, 2.05) is 13.8 Å². The van der Waals surface area contributed by atoms with Gasteiger partial charge in [-0.3, -0.25) is 42.5 Å². The van der Waals surface area contributed by atoms with Crippen LogP contribution in [-0.2, 0) is 77.9 Å². The van der Waals surface area contributed by atoms with Crippen LogP contribution in [0.15, 0.2) is 72.8 Å². The Morgan fingerprint density at radius 1 is 0.720 bits per heavy atom. The predicted octanol–water partition coefficient (Wildman–Crippen LogP) is 1.36. The lowest BCUT2D eigenvalue weighted by molar-refractivity contribution is -0.168. The van der Waals surface area contributed by atoms with E-state index < -0.39 is 126 Å². The first-order valence-corrected chi connectivity index (χ1v) is 28.3. The Morgan fingerprint density at radius 3 is 1.72 bits per heavy atom. The number of rotatable bonds is 32. The molecule has 1 heterocycles. The van der Waals surface area contributed by atoms with Crippen LogP contribution in [0.3, 0.4) is 0 Å². The van der Waals surface area contributed by atoms with Crippen LogP contribution in [0.1, 0.15) is 96.8 Å². The number of aryl methyl sites for hydroxylation is 2. The molecule has 13 atom stereocenters. The molecule has 82 heavy (non-hydrogen) atoms. The van der Waals surface area contributed by atoms with E-state index in [0.29, 0.717) is 35.3 Å². The summed E-state index contributed by atoms with van der Waals surface area (Å²) in [7, 11) is 4.02. The molecule has 3 aromatic carbocycles. The van der Waals surface area contributed by atoms with Crippen LogP contribution in [-0.4, -0.2) is 175 Å². The summed E-state index contributed by atoms with van der Waals surface area (Å²) in [5.41, 5.74) is 1.90. The molecular weight excluding hydrogens is 1090 g/mol. The lowest BCUT2D eigenvalue weighted by Gasteiger charge is -2.44. The van der Waals surface area contributed by atoms with Crippen molar-refractivity contribution in [3.8, 4) is 17.2 Å². The van der Waals surface area contributed by atoms with E-state index in [-0.39, 0.29) is 68.1 Å². The Balaban J connectivity index is 1.65. The molecule has 0 saturated carbocycles. The molecule has 24 nitrogen and oxygen atoms in total. The number of nitrogens with one attached hydrogen (secondary N) is 5. The molecule has 13 unspecified atom stereocenters. The zero-order valence-electron chi connectivity index (χ0n) is 47.8. The van der Waals surface area contributed by atoms with E-state index in [0.717, 1.165) is 12.0 Å². The molecule has 1 saturated heterocycles. The van der Waals surface area contributed by atoms with Crippen molar-refractivity contribution < 1.29 is 81.2 Å². The molecule has 0 aliphatic carbocycles. The van der Waals surface area contributed by atoms with E-state index in [1.165, 1.54) is 57.2 Å². The lowest BCUT2D eigenvalue weighted by Crippen LogP contribution is -2.66. The largest absolute Gasteiger partial charge is 0.750 e. The molecule has 1 aliphatic heterocycles. The number of aliphatic hydroxyl groups is 2. The Bertz CT molecular complexity index is 2650. The highest BCUT2D eigenvalue weighted by Gasteiger charge is 2.47. The third-order valence-electron chi connectivity index (χ3n) is 14.8. The molecule has 1 aliphatic rings. The van der Waals surface area contributed by atoms with E-state index in [9.17, 15) is 62.7 Å². The number of Topliss-reactive ketones (excluding diaryl/α,β-unsaturated/α-hetero) is 1. The minimum Gasteiger partial charge on any atom is -0.750 e. The van der Waals surface area contributed by atoms with Crippen molar-refractivity contribution in [2.45, 2.75) is 160 Å². The second kappa shape index (κ2) is 32.6. The van der Waals surface area contributed by atoms with Crippen LogP contribution in [0.2, 0.25) is 0 Å². The molecular formula is C57H80N7O17S-. The van der Waals surface area contributed by atoms with Gasteiger partial charge in [0.15, 0.2) is 11.9 Å². The van der Waals surface area contributed by atoms with Gasteiger partial charge in [-0.15, -0.1) is 0 Å². The number of likely N-dealkylation sites (tertiary alicyclic amines) is 1. The van der Waals surface area contributed by atoms with Crippen LogP contribution >= 0.6 is 0 Å². The minimum absolute atomic E-state index is 0.0134. The number of benzene rings is 3. The summed E-state index contributed by atoms with van der Waals surface area (Å²) in [6, 6.07) is 9.27. The van der Waals surface area contributed by atoms with Gasteiger partial charge in [-0.05, 0) is 117 Å². The number of phenols is 2. The summed E-state index contributed by atoms with van der Waals surface area (Å²) in [4.78, 5) is 116. The SMILES string of the molecule is CCC(C)C(NC(=O)C(Cc1ccc(OC)cc1)N(C)C(=O)C(C(C)CC)N1C(=O)C(NC(=O)C(CCc2ccc(O)cc2)NC(=O)C(NC(=O)C(CCc2ccc(O)cc2)NC(=O)C(COS(=O)[O-])OC)C(C)O)CCC1O)C(C)=O. The van der Waals surface area contributed by atoms with E-state index in [4.69, 9.17) is 9.47 Å². The van der Waals surface area contributed by atoms with Gasteiger partial charge in [0.1, 0.15) is 59.7 Å². The number of ketones is 1. The zero-order valence-corrected chi connectivity index (χ0v) is 48.6. The summed E-state index contributed by atoms with van der Waals surface area (Å²) in [6.45, 7) is 9.01. The second-order valence-corrected chi connectivity index (χ2v) is 21.3. The maximum atomic E-state index is 15.1. The van der Waals surface area contributed by atoms with E-state index >= 15 is 4.79 Å². The van der Waals surface area contributed by atoms with Gasteiger partial charge in [0.05, 0.1) is 37.2 Å². The molecule has 25 heteroatoms. The fraction of sp³-hybridized carbons (Fsp3) is 0.544. The van der Waals surface area contributed by atoms with Crippen molar-refractivity contribution in [3.63, 3.8) is 0 Å². The van der Waals surface area contributed by atoms with Crippen LogP contribution in [0, 0.1) is 11.8 Å². The quantitative estimate of drug-likeness (QED) is 0.0399. The summed E-state index contributed by atoms with van der Waals surface area (Å²) < 4.78 is 37.1. The summed E-state index contributed by atoms with van der Waals surface area (Å²) in [5.74, 6) is -6.75. The monoisotopic (exact) mass is 1170 g/mol. The number of ether oxygens (including phenoxy) is 2. The molecule has 0 aromatic heterocycles. The molecule has 1 fully saturated rings. The topological polar surface area (TPSA) is 352 Å². The van der Waals surface area contributed by atoms with Crippen LogP contribution in [0.25, 0.3) is 0 Å². The Hall–Kier alpha value is -7.03. The number of piperidine rings is 1. The maximum absolute atomic E-state index is 15.1. The summed E-state index contributed by atoms with van der Waals surface area (Å²) in [5, 5.41) is 55.5. The first kappa shape index (κ1) is 67.5. The highest BCUT2D eigenvalue weighted by molar-refractivity contribution is 7.74. The highest BCUT2D eigenvalue weighted by atomic mass is 32.2. The number of hydrogen-bond donors (Lipinski definition) is 9. The standard InChI is InChI=1S/C57H81N7O17S/c1-10-32(3)48(34(5)65)61-53(72)45(30-38-16-24-41(79-8)25-17-38)63(7)57(76)50(33(4)11-2)64-47(69)29-28-44(56(64)75)60-51(70)42(26-18-36-12-20-39(67)21-13-36)59-55(74)49(35(6)66)62-52(71)43(27-19-37-14-22-40(68)23-15-37)58-54(73)46(80-9)31-81-82(77)78/h12-17,20-25,32-33,35,42-50,66-69H,10-11,18-19,26-31H2,1-9H3,(H,58,73)(H,59,74)(H,60,70)(H,61,72)(H,62,71)(H,77,78)/p-1. The Morgan fingerprint density at radius 2 is 1.23 bits per heavy atom. The van der Waals surface area contributed by atoms with Crippen molar-refractivity contribution >= 4 is 58.5 Å². The molecule has 7 amide bonds. The van der Waals surface area contributed by atoms with Gasteiger partial charge in [0.25, 0.3) is 5.91 Å².